The number of hydrogen-bond acceptors (Lipinski definition) is 4. The van der Waals surface area contributed by atoms with Gasteiger partial charge in [0, 0.05) is 12.6 Å². The van der Waals surface area contributed by atoms with Crippen molar-refractivity contribution < 1.29 is 36.2 Å². The van der Waals surface area contributed by atoms with E-state index in [2.05, 4.69) is 4.74 Å². The number of alkyl halides is 3. The maximum absolute atomic E-state index is 12.4. The van der Waals surface area contributed by atoms with Gasteiger partial charge < -0.3 is 9.84 Å². The van der Waals surface area contributed by atoms with Crippen LogP contribution >= 0.6 is 0 Å². The molecule has 0 amide bonds. The summed E-state index contributed by atoms with van der Waals surface area (Å²) in [6.07, 6.45) is -4.41. The summed E-state index contributed by atoms with van der Waals surface area (Å²) in [7, 11) is -4.21. The summed E-state index contributed by atoms with van der Waals surface area (Å²) >= 11 is 0. The Morgan fingerprint density at radius 1 is 1.36 bits per heavy atom. The van der Waals surface area contributed by atoms with Crippen molar-refractivity contribution in [2.75, 3.05) is 6.54 Å². The quantitative estimate of drug-likeness (QED) is 0.905. The van der Waals surface area contributed by atoms with E-state index >= 15 is 0 Å². The van der Waals surface area contributed by atoms with Crippen molar-refractivity contribution in [1.82, 2.24) is 4.31 Å². The summed E-state index contributed by atoms with van der Waals surface area (Å²) in [5.74, 6) is -1.97. The Hall–Kier alpha value is -1.81. The number of carbonyl (C=O) groups is 1. The molecule has 1 aromatic carbocycles. The molecule has 1 fully saturated rings. The molecule has 122 valence electrons. The zero-order valence-corrected chi connectivity index (χ0v) is 11.9. The fourth-order valence-corrected chi connectivity index (χ4v) is 3.93. The summed E-state index contributed by atoms with van der Waals surface area (Å²) in [5.41, 5.74) is 0. The molecule has 0 saturated carbocycles. The van der Waals surface area contributed by atoms with Crippen molar-refractivity contribution in [3.05, 3.63) is 24.3 Å². The molecule has 0 unspecified atom stereocenters. The van der Waals surface area contributed by atoms with E-state index in [0.29, 0.717) is 6.42 Å². The van der Waals surface area contributed by atoms with E-state index in [1.807, 2.05) is 0 Å². The molecule has 22 heavy (non-hydrogen) atoms. The molecule has 1 N–H and O–H groups in total. The molecule has 1 heterocycles. The Morgan fingerprint density at radius 2 is 2.05 bits per heavy atom. The number of rotatable bonds is 4. The average Bonchev–Trinajstić information content (AvgIpc) is 2.87. The zero-order valence-electron chi connectivity index (χ0n) is 11.1. The number of aliphatic carboxylic acids is 1. The number of nitrogens with zero attached hydrogens (tertiary/aromatic N) is 1. The van der Waals surface area contributed by atoms with E-state index in [1.54, 1.807) is 0 Å². The van der Waals surface area contributed by atoms with E-state index in [4.69, 9.17) is 5.11 Å². The molecule has 6 nitrogen and oxygen atoms in total. The minimum absolute atomic E-state index is 0.00363. The van der Waals surface area contributed by atoms with E-state index in [1.165, 1.54) is 0 Å². The lowest BCUT2D eigenvalue weighted by atomic mass is 10.2. The predicted octanol–water partition coefficient (Wildman–Crippen LogP) is 1.82. The number of carboxylic acid groups (broad SMARTS) is 1. The summed E-state index contributed by atoms with van der Waals surface area (Å²) < 4.78 is 65.8. The van der Waals surface area contributed by atoms with Gasteiger partial charge in [0.25, 0.3) is 0 Å². The monoisotopic (exact) mass is 339 g/mol. The lowest BCUT2D eigenvalue weighted by Crippen LogP contribution is -2.40. The highest BCUT2D eigenvalue weighted by molar-refractivity contribution is 7.89. The predicted molar refractivity (Wildman–Crippen MR) is 67.7 cm³/mol. The first kappa shape index (κ1) is 16.6. The van der Waals surface area contributed by atoms with Crippen molar-refractivity contribution in [2.24, 2.45) is 0 Å². The van der Waals surface area contributed by atoms with E-state index < -0.39 is 39.0 Å². The molecule has 1 atom stereocenters. The van der Waals surface area contributed by atoms with Crippen molar-refractivity contribution in [3.63, 3.8) is 0 Å². The largest absolute Gasteiger partial charge is 0.573 e. The van der Waals surface area contributed by atoms with Gasteiger partial charge in [-0.3, -0.25) is 4.79 Å². The first-order valence-corrected chi connectivity index (χ1v) is 7.66. The van der Waals surface area contributed by atoms with Crippen LogP contribution in [0.3, 0.4) is 0 Å². The van der Waals surface area contributed by atoms with Crippen LogP contribution in [0.4, 0.5) is 13.2 Å². The zero-order chi connectivity index (χ0) is 16.5. The molecule has 1 aromatic rings. The highest BCUT2D eigenvalue weighted by Gasteiger charge is 2.40. The summed E-state index contributed by atoms with van der Waals surface area (Å²) in [6, 6.07) is 2.66. The van der Waals surface area contributed by atoms with Gasteiger partial charge in [0.05, 0.1) is 4.90 Å². The first-order valence-electron chi connectivity index (χ1n) is 6.22. The minimum atomic E-state index is -4.94. The molecule has 1 aliphatic rings. The lowest BCUT2D eigenvalue weighted by Gasteiger charge is -2.21. The van der Waals surface area contributed by atoms with Gasteiger partial charge in [0.15, 0.2) is 0 Å². The van der Waals surface area contributed by atoms with E-state index in [9.17, 15) is 26.4 Å². The summed E-state index contributed by atoms with van der Waals surface area (Å²) in [5, 5.41) is 9.02. The molecule has 0 spiro atoms. The van der Waals surface area contributed by atoms with Crippen molar-refractivity contribution in [1.29, 1.82) is 0 Å². The second-order valence-corrected chi connectivity index (χ2v) is 6.53. The molecule has 0 bridgehead atoms. The number of sulfonamides is 1. The standard InChI is InChI=1S/C12H12F3NO5S/c13-12(14,15)21-8-3-1-4-9(7-8)22(19,20)16-6-2-5-10(16)11(17)18/h1,3-4,7,10H,2,5-6H2,(H,17,18)/t10-/m0/s1. The van der Waals surface area contributed by atoms with Gasteiger partial charge in [-0.15, -0.1) is 13.2 Å². The summed E-state index contributed by atoms with van der Waals surface area (Å²) in [6.45, 7) is 0.00363. The lowest BCUT2D eigenvalue weighted by molar-refractivity contribution is -0.274. The fraction of sp³-hybridized carbons (Fsp3) is 0.417. The minimum Gasteiger partial charge on any atom is -0.480 e. The van der Waals surface area contributed by atoms with Crippen LogP contribution in [-0.4, -0.2) is 42.7 Å². The maximum Gasteiger partial charge on any atom is 0.573 e. The van der Waals surface area contributed by atoms with Crippen molar-refractivity contribution >= 4 is 16.0 Å². The van der Waals surface area contributed by atoms with Gasteiger partial charge in [-0.1, -0.05) is 6.07 Å². The van der Waals surface area contributed by atoms with Crippen LogP contribution < -0.4 is 4.74 Å². The smallest absolute Gasteiger partial charge is 0.480 e. The number of benzene rings is 1. The molecule has 0 radical (unpaired) electrons. The first-order chi connectivity index (χ1) is 10.1. The van der Waals surface area contributed by atoms with Crippen molar-refractivity contribution in [2.45, 2.75) is 30.1 Å². The molecule has 1 aliphatic heterocycles. The van der Waals surface area contributed by atoms with Gasteiger partial charge in [-0.25, -0.2) is 8.42 Å². The Balaban J connectivity index is 2.34. The van der Waals surface area contributed by atoms with Crippen LogP contribution in [0.15, 0.2) is 29.2 Å². The maximum atomic E-state index is 12.4. The normalized spacial score (nSPS) is 20.0. The molecule has 0 aliphatic carbocycles. The van der Waals surface area contributed by atoms with Gasteiger partial charge >= 0.3 is 12.3 Å². The molecule has 1 saturated heterocycles. The average molecular weight is 339 g/mol. The highest BCUT2D eigenvalue weighted by Crippen LogP contribution is 2.29. The number of carboxylic acids is 1. The van der Waals surface area contributed by atoms with Crippen LogP contribution in [-0.2, 0) is 14.8 Å². The molecular formula is C12H12F3NO5S. The molecule has 10 heteroatoms. The van der Waals surface area contributed by atoms with E-state index in [0.717, 1.165) is 28.6 Å². The number of hydrogen-bond donors (Lipinski definition) is 1. The van der Waals surface area contributed by atoms with Crippen LogP contribution in [0.25, 0.3) is 0 Å². The third-order valence-corrected chi connectivity index (χ3v) is 5.04. The van der Waals surface area contributed by atoms with E-state index in [-0.39, 0.29) is 13.0 Å². The van der Waals surface area contributed by atoms with Crippen LogP contribution in [0.2, 0.25) is 0 Å². The highest BCUT2D eigenvalue weighted by atomic mass is 32.2. The fourth-order valence-electron chi connectivity index (χ4n) is 2.24. The Labute approximate surface area is 124 Å². The number of halogens is 3. The van der Waals surface area contributed by atoms with Crippen molar-refractivity contribution in [3.8, 4) is 5.75 Å². The third kappa shape index (κ3) is 3.50. The van der Waals surface area contributed by atoms with Gasteiger partial charge in [-0.2, -0.15) is 4.31 Å². The van der Waals surface area contributed by atoms with Crippen LogP contribution in [0, 0.1) is 0 Å². The van der Waals surface area contributed by atoms with Gasteiger partial charge in [0.1, 0.15) is 11.8 Å². The third-order valence-electron chi connectivity index (χ3n) is 3.13. The second-order valence-electron chi connectivity index (χ2n) is 4.63. The SMILES string of the molecule is O=C(O)[C@@H]1CCCN1S(=O)(=O)c1cccc(OC(F)(F)F)c1. The van der Waals surface area contributed by atoms with Gasteiger partial charge in [0.2, 0.25) is 10.0 Å². The Kier molecular flexibility index (Phi) is 4.34. The topological polar surface area (TPSA) is 83.9 Å². The van der Waals surface area contributed by atoms with Gasteiger partial charge in [-0.05, 0) is 25.0 Å². The number of ether oxygens (including phenoxy) is 1. The molecular weight excluding hydrogens is 327 g/mol. The van der Waals surface area contributed by atoms with Crippen LogP contribution in [0.5, 0.6) is 5.75 Å². The molecule has 2 rings (SSSR count). The molecule has 0 aromatic heterocycles. The van der Waals surface area contributed by atoms with Crippen LogP contribution in [0.1, 0.15) is 12.8 Å². The second kappa shape index (κ2) is 5.76. The Bertz CT molecular complexity index is 674. The Morgan fingerprint density at radius 3 is 2.64 bits per heavy atom. The summed E-state index contributed by atoms with van der Waals surface area (Å²) in [4.78, 5) is 10.6.